The summed E-state index contributed by atoms with van der Waals surface area (Å²) < 4.78 is 39.1. The third-order valence-corrected chi connectivity index (χ3v) is 40.9. The molecule has 298 valence electrons. The van der Waals surface area contributed by atoms with Gasteiger partial charge in [-0.25, -0.2) is 9.18 Å². The van der Waals surface area contributed by atoms with E-state index >= 15 is 0 Å². The van der Waals surface area contributed by atoms with Crippen LogP contribution in [0.5, 0.6) is 11.5 Å². The Morgan fingerprint density at radius 2 is 1.58 bits per heavy atom. The molecule has 0 aromatic heterocycles. The first-order valence-electron chi connectivity index (χ1n) is 17.1. The Hall–Kier alpha value is -3.66. The number of hydrogen-bond acceptors (Lipinski definition) is 14. The van der Waals surface area contributed by atoms with Gasteiger partial charge in [0.1, 0.15) is 17.3 Å². The lowest BCUT2D eigenvalue weighted by molar-refractivity contribution is -0.757. The van der Waals surface area contributed by atoms with Crippen molar-refractivity contribution >= 4 is 105 Å². The Morgan fingerprint density at radius 3 is 2.19 bits per heavy atom. The third kappa shape index (κ3) is 10.5. The number of phenolic OH excluding ortho intramolecular Hbond substituents is 1. The van der Waals surface area contributed by atoms with Gasteiger partial charge in [-0.1, -0.05) is 63.8 Å². The maximum absolute atomic E-state index is 14.6. The molecule has 4 aromatic rings. The van der Waals surface area contributed by atoms with E-state index in [2.05, 4.69) is 4.84 Å². The molecule has 1 aliphatic carbocycles. The van der Waals surface area contributed by atoms with Gasteiger partial charge in [0, 0.05) is 39.2 Å². The minimum atomic E-state index is -2.12. The summed E-state index contributed by atoms with van der Waals surface area (Å²) >= 11 is 15.2. The Labute approximate surface area is 348 Å². The van der Waals surface area contributed by atoms with E-state index in [0.29, 0.717) is 27.2 Å². The second kappa shape index (κ2) is 18.5. The van der Waals surface area contributed by atoms with Crippen molar-refractivity contribution in [2.45, 2.75) is 30.8 Å². The summed E-state index contributed by atoms with van der Waals surface area (Å²) in [4.78, 5) is 42.5. The molecule has 0 radical (unpaired) electrons. The minimum absolute atomic E-state index is 0.0405. The van der Waals surface area contributed by atoms with Gasteiger partial charge in [-0.05, 0) is 126 Å². The fraction of sp³-hybridized carbons (Fsp3) is 0.211. The van der Waals surface area contributed by atoms with Crippen LogP contribution >= 0.6 is 30.9 Å². The molecule has 2 atom stereocenters. The second-order valence-electron chi connectivity index (χ2n) is 12.6. The lowest BCUT2D eigenvalue weighted by atomic mass is 10.0. The van der Waals surface area contributed by atoms with Crippen LogP contribution in [-0.2, 0) is 58.3 Å². The zero-order valence-electron chi connectivity index (χ0n) is 30.2. The zero-order valence-corrected chi connectivity index (χ0v) is 36.1. The molecule has 11 nitrogen and oxygen atoms in total. The number of phenols is 1. The maximum atomic E-state index is 14.6. The lowest BCUT2D eigenvalue weighted by Crippen LogP contribution is -2.35. The normalized spacial score (nSPS) is 20.3. The first-order chi connectivity index (χ1) is 27.1. The van der Waals surface area contributed by atoms with Gasteiger partial charge < -0.3 is 24.2 Å². The van der Waals surface area contributed by atoms with E-state index in [-0.39, 0.29) is 37.6 Å². The van der Waals surface area contributed by atoms with E-state index < -0.39 is 55.2 Å². The number of fused-ring (bicyclic) bond motifs is 1. The standard InChI is InChI=1S/C38H34FNO10P2S5/c1-24-33(20-25-4-15-31(16-5-25)57(2)46)32-17-6-26(39)21-35(32)34(24)22-37(42)50-36(23-47-18-3-19-48-40(44)45)38(43)49-28-9-13-30(14-10-28)52(54)55-51(53,56-52)29-11-7-27(41)8-12-29/h4-17,20-21,36,41H,3,18-19,22-23H2,1-2H3. The first kappa shape index (κ1) is 42.9. The van der Waals surface area contributed by atoms with E-state index in [1.165, 1.54) is 12.1 Å². The highest BCUT2D eigenvalue weighted by Gasteiger charge is 2.46. The highest BCUT2D eigenvalue weighted by Crippen LogP contribution is 3.04. The van der Waals surface area contributed by atoms with Crippen molar-refractivity contribution in [3.05, 3.63) is 129 Å². The number of benzene rings is 4. The summed E-state index contributed by atoms with van der Waals surface area (Å²) in [6.45, 7) is 1.13. The molecule has 2 aliphatic rings. The third-order valence-electron chi connectivity index (χ3n) is 8.70. The van der Waals surface area contributed by atoms with Crippen LogP contribution in [0.25, 0.3) is 17.2 Å². The van der Waals surface area contributed by atoms with Crippen LogP contribution in [0.4, 0.5) is 4.39 Å². The number of aromatic hydroxyl groups is 1. The summed E-state index contributed by atoms with van der Waals surface area (Å²) in [5, 5.41) is 21.1. The lowest BCUT2D eigenvalue weighted by Gasteiger charge is -2.40. The van der Waals surface area contributed by atoms with Crippen LogP contribution in [-0.4, -0.2) is 58.5 Å². The summed E-state index contributed by atoms with van der Waals surface area (Å²) in [6.07, 6.45) is 1.79. The number of hydrogen-bond donors (Lipinski definition) is 1. The molecule has 0 amide bonds. The fourth-order valence-corrected chi connectivity index (χ4v) is 48.7. The average Bonchev–Trinajstić information content (AvgIpc) is 3.40. The van der Waals surface area contributed by atoms with Crippen molar-refractivity contribution in [3.8, 4) is 11.5 Å². The topological polar surface area (TPSA) is 152 Å². The molecule has 2 unspecified atom stereocenters. The molecule has 1 saturated heterocycles. The van der Waals surface area contributed by atoms with Crippen molar-refractivity contribution in [2.24, 2.45) is 0 Å². The summed E-state index contributed by atoms with van der Waals surface area (Å²) in [6, 6.07) is 25.1. The van der Waals surface area contributed by atoms with E-state index in [4.69, 9.17) is 37.8 Å². The van der Waals surface area contributed by atoms with E-state index in [9.17, 15) is 33.4 Å². The predicted octanol–water partition coefficient (Wildman–Crippen LogP) is 8.17. The van der Waals surface area contributed by atoms with Gasteiger partial charge in [0.15, 0.2) is 0 Å². The van der Waals surface area contributed by atoms with Gasteiger partial charge in [0.25, 0.3) is 5.09 Å². The van der Waals surface area contributed by atoms with Crippen molar-refractivity contribution in [3.63, 3.8) is 0 Å². The Morgan fingerprint density at radius 1 is 0.947 bits per heavy atom. The Kier molecular flexibility index (Phi) is 13.9. The van der Waals surface area contributed by atoms with Gasteiger partial charge in [0.2, 0.25) is 6.10 Å². The smallest absolute Gasteiger partial charge is 0.355 e. The number of allylic oxidation sites excluding steroid dienone is 2. The Balaban J connectivity index is 1.16. The number of halogens is 1. The van der Waals surface area contributed by atoms with E-state index in [1.54, 1.807) is 82.9 Å². The number of nitrogens with zero attached hydrogens (tertiary/aromatic N) is 1. The van der Waals surface area contributed by atoms with Crippen LogP contribution in [0, 0.1) is 15.9 Å². The number of ether oxygens (including phenoxy) is 3. The van der Waals surface area contributed by atoms with Crippen LogP contribution in [0.3, 0.4) is 0 Å². The SMILES string of the molecule is CC1=C(CC(=O)OC(COCCCO[N+](=O)[O-])C(=O)Oc2ccc(P3(=S)SP(=S)(c4ccc(O)cc4)S3)cc2)c2cc(F)ccc2C1=Cc1ccc(S(C)=O)cc1. The molecule has 0 spiro atoms. The first-order valence-corrected chi connectivity index (χ1v) is 28.3. The van der Waals surface area contributed by atoms with Gasteiger partial charge in [-0.15, -0.1) is 10.1 Å². The van der Waals surface area contributed by atoms with E-state index in [0.717, 1.165) is 21.7 Å². The maximum Gasteiger partial charge on any atom is 0.355 e. The number of carbonyl (C=O) groups is 2. The summed E-state index contributed by atoms with van der Waals surface area (Å²) in [5.41, 5.74) is 4.01. The van der Waals surface area contributed by atoms with Crippen molar-refractivity contribution in [1.29, 1.82) is 0 Å². The molecule has 6 rings (SSSR count). The predicted molar refractivity (Wildman–Crippen MR) is 232 cm³/mol. The largest absolute Gasteiger partial charge is 0.508 e. The molecule has 4 aromatic carbocycles. The minimum Gasteiger partial charge on any atom is -0.508 e. The van der Waals surface area contributed by atoms with Crippen LogP contribution in [0.2, 0.25) is 0 Å². The molecule has 57 heavy (non-hydrogen) atoms. The van der Waals surface area contributed by atoms with Gasteiger partial charge in [0.05, 0.1) is 28.5 Å². The number of carbonyl (C=O) groups excluding carboxylic acids is 2. The molecule has 0 saturated carbocycles. The summed E-state index contributed by atoms with van der Waals surface area (Å²) in [7, 11) is -1.14. The second-order valence-corrected chi connectivity index (χ2v) is 35.3. The molecule has 1 aliphatic heterocycles. The van der Waals surface area contributed by atoms with E-state index in [1.807, 2.05) is 37.3 Å². The summed E-state index contributed by atoms with van der Waals surface area (Å²) in [5.74, 6) is -1.88. The van der Waals surface area contributed by atoms with Crippen LogP contribution in [0.1, 0.15) is 36.5 Å². The van der Waals surface area contributed by atoms with Crippen molar-refractivity contribution < 1.29 is 47.4 Å². The highest BCUT2D eigenvalue weighted by molar-refractivity contribution is 9.48. The highest BCUT2D eigenvalue weighted by atomic mass is 33.7. The monoisotopic (exact) mass is 905 g/mol. The van der Waals surface area contributed by atoms with Gasteiger partial charge >= 0.3 is 11.9 Å². The molecule has 1 N–H and O–H groups in total. The fourth-order valence-electron chi connectivity index (χ4n) is 5.88. The van der Waals surface area contributed by atoms with Gasteiger partial charge in [-0.2, -0.15) is 0 Å². The van der Waals surface area contributed by atoms with Gasteiger partial charge in [-0.3, -0.25) is 9.00 Å². The van der Waals surface area contributed by atoms with Crippen molar-refractivity contribution in [2.75, 3.05) is 26.1 Å². The molecule has 19 heteroatoms. The Bertz CT molecular complexity index is 2380. The molecular weight excluding hydrogens is 872 g/mol. The number of esters is 2. The molecule has 1 fully saturated rings. The molecule has 0 bridgehead atoms. The zero-order chi connectivity index (χ0) is 40.9. The molecule has 1 heterocycles. The quantitative estimate of drug-likeness (QED) is 0.0287. The molecular formula is C38H34FNO10P2S5. The van der Waals surface area contributed by atoms with Crippen molar-refractivity contribution in [1.82, 2.24) is 0 Å². The average molecular weight is 906 g/mol. The van der Waals surface area contributed by atoms with Crippen LogP contribution < -0.4 is 15.3 Å². The number of rotatable bonds is 16. The van der Waals surface area contributed by atoms with Crippen LogP contribution in [0.15, 0.2) is 101 Å².